The summed E-state index contributed by atoms with van der Waals surface area (Å²) in [4.78, 5) is 30.7. The van der Waals surface area contributed by atoms with Crippen LogP contribution < -0.4 is 15.4 Å². The van der Waals surface area contributed by atoms with Crippen LogP contribution in [0.5, 0.6) is 5.75 Å². The van der Waals surface area contributed by atoms with E-state index in [2.05, 4.69) is 25.3 Å². The van der Waals surface area contributed by atoms with Crippen LogP contribution in [0.1, 0.15) is 35.5 Å². The van der Waals surface area contributed by atoms with Crippen LogP contribution in [0.25, 0.3) is 11.4 Å². The van der Waals surface area contributed by atoms with Gasteiger partial charge in [0.05, 0.1) is 18.7 Å². The molecule has 2 heterocycles. The van der Waals surface area contributed by atoms with Crippen LogP contribution in [0, 0.1) is 0 Å². The molecule has 1 aliphatic heterocycles. The molecule has 2 N–H and O–H groups in total. The maximum atomic E-state index is 13.0. The number of carbonyl (C=O) groups excluding carboxylic acids is 2. The van der Waals surface area contributed by atoms with Crippen molar-refractivity contribution in [2.45, 2.75) is 31.5 Å². The van der Waals surface area contributed by atoms with Crippen LogP contribution in [0.15, 0.2) is 53.1 Å². The molecule has 2 aromatic carbocycles. The molecule has 1 aliphatic rings. The lowest BCUT2D eigenvalue weighted by Crippen LogP contribution is -2.50. The predicted octanol–water partition coefficient (Wildman–Crippen LogP) is 4.58. The molecule has 1 unspecified atom stereocenters. The quantitative estimate of drug-likeness (QED) is 0.510. The number of benzene rings is 2. The van der Waals surface area contributed by atoms with Crippen LogP contribution in [0.2, 0.25) is 0 Å². The number of anilines is 1. The number of piperidine rings is 1. The van der Waals surface area contributed by atoms with Gasteiger partial charge in [-0.25, -0.2) is 4.79 Å². The van der Waals surface area contributed by atoms with E-state index in [-0.39, 0.29) is 30.3 Å². The molecule has 190 valence electrons. The third-order valence-electron chi connectivity index (χ3n) is 5.80. The van der Waals surface area contributed by atoms with Crippen molar-refractivity contribution in [2.24, 2.45) is 0 Å². The van der Waals surface area contributed by atoms with Gasteiger partial charge in [-0.1, -0.05) is 17.3 Å². The zero-order chi connectivity index (χ0) is 25.7. The number of carbonyl (C=O) groups is 2. The number of alkyl halides is 3. The summed E-state index contributed by atoms with van der Waals surface area (Å²) in [6, 6.07) is 12.4. The van der Waals surface area contributed by atoms with Gasteiger partial charge in [0.15, 0.2) is 0 Å². The molecule has 4 rings (SSSR count). The van der Waals surface area contributed by atoms with Gasteiger partial charge >= 0.3 is 18.1 Å². The Kier molecular flexibility index (Phi) is 7.41. The fourth-order valence-electron chi connectivity index (χ4n) is 3.97. The first-order valence-electron chi connectivity index (χ1n) is 11.3. The van der Waals surface area contributed by atoms with E-state index < -0.39 is 12.1 Å². The predicted molar refractivity (Wildman–Crippen MR) is 123 cm³/mol. The number of methoxy groups -OCH3 is 1. The summed E-state index contributed by atoms with van der Waals surface area (Å²) in [7, 11) is 1.49. The molecular formula is C24H24F3N5O4. The molecule has 12 heteroatoms. The first-order valence-corrected chi connectivity index (χ1v) is 11.3. The number of amides is 3. The maximum Gasteiger partial charge on any atom is 0.471 e. The highest BCUT2D eigenvalue weighted by atomic mass is 19.4. The SMILES string of the molecule is COc1ccccc1C(=O)NCC1CCCCN1C(=O)Nc1ccc(-c2noc(C(F)(F)F)n2)cc1. The van der Waals surface area contributed by atoms with Crippen LogP contribution >= 0.6 is 0 Å². The van der Waals surface area contributed by atoms with Gasteiger partial charge in [0.25, 0.3) is 5.91 Å². The number of halogens is 3. The van der Waals surface area contributed by atoms with Crippen molar-refractivity contribution in [2.75, 3.05) is 25.5 Å². The highest BCUT2D eigenvalue weighted by Crippen LogP contribution is 2.29. The maximum absolute atomic E-state index is 13.0. The van der Waals surface area contributed by atoms with E-state index >= 15 is 0 Å². The summed E-state index contributed by atoms with van der Waals surface area (Å²) < 4.78 is 47.5. The van der Waals surface area contributed by atoms with Gasteiger partial charge in [0.2, 0.25) is 5.82 Å². The Morgan fingerprint density at radius 1 is 1.14 bits per heavy atom. The van der Waals surface area contributed by atoms with Crippen molar-refractivity contribution < 1.29 is 32.0 Å². The van der Waals surface area contributed by atoms with Crippen molar-refractivity contribution in [1.82, 2.24) is 20.4 Å². The number of hydrogen-bond donors (Lipinski definition) is 2. The second-order valence-electron chi connectivity index (χ2n) is 8.18. The van der Waals surface area contributed by atoms with Gasteiger partial charge in [-0.2, -0.15) is 18.2 Å². The molecule has 0 saturated carbocycles. The second-order valence-corrected chi connectivity index (χ2v) is 8.18. The van der Waals surface area contributed by atoms with Crippen LogP contribution in [-0.4, -0.2) is 53.2 Å². The zero-order valence-corrected chi connectivity index (χ0v) is 19.3. The van der Waals surface area contributed by atoms with Gasteiger partial charge in [0.1, 0.15) is 5.75 Å². The van der Waals surface area contributed by atoms with E-state index in [0.29, 0.717) is 29.1 Å². The Balaban J connectivity index is 1.37. The van der Waals surface area contributed by atoms with E-state index in [1.54, 1.807) is 41.3 Å². The van der Waals surface area contributed by atoms with Gasteiger partial charge in [0, 0.05) is 24.3 Å². The Labute approximate surface area is 204 Å². The highest BCUT2D eigenvalue weighted by molar-refractivity contribution is 5.97. The monoisotopic (exact) mass is 503 g/mol. The van der Waals surface area contributed by atoms with Crippen LogP contribution in [-0.2, 0) is 6.18 Å². The Hall–Kier alpha value is -4.09. The first-order chi connectivity index (χ1) is 17.3. The molecule has 0 bridgehead atoms. The van der Waals surface area contributed by atoms with Gasteiger partial charge < -0.3 is 24.8 Å². The molecule has 0 radical (unpaired) electrons. The molecule has 1 atom stereocenters. The van der Waals surface area contributed by atoms with Crippen molar-refractivity contribution in [3.8, 4) is 17.1 Å². The topological polar surface area (TPSA) is 110 Å². The molecule has 36 heavy (non-hydrogen) atoms. The summed E-state index contributed by atoms with van der Waals surface area (Å²) >= 11 is 0. The summed E-state index contributed by atoms with van der Waals surface area (Å²) in [5, 5.41) is 9.03. The number of ether oxygens (including phenoxy) is 1. The minimum absolute atomic E-state index is 0.197. The van der Waals surface area contributed by atoms with E-state index in [9.17, 15) is 22.8 Å². The summed E-state index contributed by atoms with van der Waals surface area (Å²) in [5.41, 5.74) is 1.17. The minimum atomic E-state index is -4.73. The number of rotatable bonds is 6. The summed E-state index contributed by atoms with van der Waals surface area (Å²) in [6.07, 6.45) is -2.23. The molecule has 0 spiro atoms. The molecule has 1 saturated heterocycles. The Morgan fingerprint density at radius 2 is 1.89 bits per heavy atom. The van der Waals surface area contributed by atoms with Gasteiger partial charge in [-0.05, 0) is 55.7 Å². The minimum Gasteiger partial charge on any atom is -0.496 e. The lowest BCUT2D eigenvalue weighted by molar-refractivity contribution is -0.159. The number of nitrogens with zero attached hydrogens (tertiary/aromatic N) is 3. The average Bonchev–Trinajstić information content (AvgIpc) is 3.39. The molecule has 0 aliphatic carbocycles. The number of para-hydroxylation sites is 1. The Morgan fingerprint density at radius 3 is 2.58 bits per heavy atom. The fraction of sp³-hybridized carbons (Fsp3) is 0.333. The molecule has 1 aromatic heterocycles. The smallest absolute Gasteiger partial charge is 0.471 e. The summed E-state index contributed by atoms with van der Waals surface area (Å²) in [6.45, 7) is 0.810. The lowest BCUT2D eigenvalue weighted by atomic mass is 10.0. The third kappa shape index (κ3) is 5.75. The third-order valence-corrected chi connectivity index (χ3v) is 5.80. The number of likely N-dealkylation sites (tertiary alicyclic amines) is 1. The van der Waals surface area contributed by atoms with Crippen molar-refractivity contribution >= 4 is 17.6 Å². The number of hydrogen-bond acceptors (Lipinski definition) is 6. The zero-order valence-electron chi connectivity index (χ0n) is 19.3. The molecule has 3 amide bonds. The van der Waals surface area contributed by atoms with E-state index in [1.165, 1.54) is 19.2 Å². The van der Waals surface area contributed by atoms with E-state index in [0.717, 1.165) is 19.3 Å². The Bertz CT molecular complexity index is 1210. The first kappa shape index (κ1) is 25.0. The van der Waals surface area contributed by atoms with Gasteiger partial charge in [-0.3, -0.25) is 4.79 Å². The molecule has 3 aromatic rings. The number of nitrogens with one attached hydrogen (secondary N) is 2. The van der Waals surface area contributed by atoms with Crippen LogP contribution in [0.3, 0.4) is 0 Å². The van der Waals surface area contributed by atoms with Crippen molar-refractivity contribution in [1.29, 1.82) is 0 Å². The number of aromatic nitrogens is 2. The lowest BCUT2D eigenvalue weighted by Gasteiger charge is -2.35. The number of urea groups is 1. The molecule has 9 nitrogen and oxygen atoms in total. The van der Waals surface area contributed by atoms with Crippen LogP contribution in [0.4, 0.5) is 23.7 Å². The van der Waals surface area contributed by atoms with Crippen molar-refractivity contribution in [3.05, 3.63) is 60.0 Å². The molecular weight excluding hydrogens is 479 g/mol. The second kappa shape index (κ2) is 10.7. The van der Waals surface area contributed by atoms with E-state index in [1.807, 2.05) is 0 Å². The highest BCUT2D eigenvalue weighted by Gasteiger charge is 2.38. The van der Waals surface area contributed by atoms with Gasteiger partial charge in [-0.15, -0.1) is 0 Å². The standard InChI is InChI=1S/C24H24F3N5O4/c1-35-19-8-3-2-7-18(19)21(33)28-14-17-6-4-5-13-32(17)23(34)29-16-11-9-15(10-12-16)20-30-22(36-31-20)24(25,26)27/h2-3,7-12,17H,4-6,13-14H2,1H3,(H,28,33)(H,29,34). The fourth-order valence-corrected chi connectivity index (χ4v) is 3.97. The summed E-state index contributed by atoms with van der Waals surface area (Å²) in [5.74, 6) is -1.46. The largest absolute Gasteiger partial charge is 0.496 e. The van der Waals surface area contributed by atoms with Crippen molar-refractivity contribution in [3.63, 3.8) is 0 Å². The molecule has 1 fully saturated rings. The van der Waals surface area contributed by atoms with E-state index in [4.69, 9.17) is 4.74 Å². The average molecular weight is 503 g/mol. The normalized spacial score (nSPS) is 15.9.